The van der Waals surface area contributed by atoms with Crippen LogP contribution in [-0.2, 0) is 4.79 Å². The van der Waals surface area contributed by atoms with E-state index in [0.717, 1.165) is 12.1 Å². The second kappa shape index (κ2) is 5.04. The third-order valence-corrected chi connectivity index (χ3v) is 4.90. The van der Waals surface area contributed by atoms with E-state index in [0.29, 0.717) is 33.8 Å². The van der Waals surface area contributed by atoms with Crippen molar-refractivity contribution in [2.45, 2.75) is 32.6 Å². The van der Waals surface area contributed by atoms with E-state index in [1.54, 1.807) is 12.3 Å². The van der Waals surface area contributed by atoms with Gasteiger partial charge in [0.2, 0.25) is 0 Å². The Bertz CT molecular complexity index is 979. The number of hydrogen-bond donors (Lipinski definition) is 3. The minimum Gasteiger partial charge on any atom is -0.468 e. The Hall–Kier alpha value is -2.41. The van der Waals surface area contributed by atoms with Gasteiger partial charge in [0, 0.05) is 23.3 Å². The maximum Gasteiger partial charge on any atom is 0.325 e. The lowest BCUT2D eigenvalue weighted by molar-refractivity contribution is -0.118. The number of Topliss-reactive ketones (excluding diaryl/α,β-unsaturated/α-hetero) is 1. The highest BCUT2D eigenvalue weighted by atomic mass is 32.1. The number of ketones is 1. The van der Waals surface area contributed by atoms with Crippen molar-refractivity contribution in [3.63, 3.8) is 0 Å². The number of carbonyl (C=O) groups excluding carboxylic acids is 1. The van der Waals surface area contributed by atoms with Crippen molar-refractivity contribution in [2.24, 2.45) is 5.41 Å². The van der Waals surface area contributed by atoms with Gasteiger partial charge in [-0.1, -0.05) is 26.1 Å². The highest BCUT2D eigenvalue weighted by Gasteiger charge is 2.42. The summed E-state index contributed by atoms with van der Waals surface area (Å²) in [6.07, 6.45) is 2.77. The smallest absolute Gasteiger partial charge is 0.325 e. The average Bonchev–Trinajstić information content (AvgIpc) is 2.96. The lowest BCUT2D eigenvalue weighted by Gasteiger charge is -2.38. The Morgan fingerprint density at radius 1 is 1.25 bits per heavy atom. The van der Waals surface area contributed by atoms with E-state index in [2.05, 4.69) is 29.1 Å². The van der Waals surface area contributed by atoms with E-state index >= 15 is 0 Å². The summed E-state index contributed by atoms with van der Waals surface area (Å²) >= 11 is 5.36. The van der Waals surface area contributed by atoms with Gasteiger partial charge in [-0.05, 0) is 24.0 Å². The van der Waals surface area contributed by atoms with Crippen LogP contribution in [0.3, 0.4) is 0 Å². The summed E-state index contributed by atoms with van der Waals surface area (Å²) in [5.41, 5.74) is 1.68. The zero-order valence-electron chi connectivity index (χ0n) is 13.4. The van der Waals surface area contributed by atoms with Crippen LogP contribution in [0.5, 0.6) is 0 Å². The quantitative estimate of drug-likeness (QED) is 0.692. The number of fused-ring (bicyclic) bond motifs is 1. The Morgan fingerprint density at radius 2 is 2.04 bits per heavy atom. The fourth-order valence-corrected chi connectivity index (χ4v) is 4.00. The van der Waals surface area contributed by atoms with Gasteiger partial charge in [-0.15, -0.1) is 0 Å². The van der Waals surface area contributed by atoms with Crippen LogP contribution >= 0.6 is 12.2 Å². The molecule has 24 heavy (non-hydrogen) atoms. The topological polar surface area (TPSA) is 90.9 Å². The van der Waals surface area contributed by atoms with Gasteiger partial charge in [0.15, 0.2) is 5.78 Å². The van der Waals surface area contributed by atoms with Crippen molar-refractivity contribution < 1.29 is 9.21 Å². The van der Waals surface area contributed by atoms with E-state index in [-0.39, 0.29) is 16.9 Å². The molecule has 3 heterocycles. The molecule has 0 saturated carbocycles. The van der Waals surface area contributed by atoms with Crippen LogP contribution < -0.4 is 11.0 Å². The molecular formula is C17H17N3O3S. The van der Waals surface area contributed by atoms with Crippen LogP contribution in [0, 0.1) is 10.1 Å². The van der Waals surface area contributed by atoms with Crippen molar-refractivity contribution in [1.29, 1.82) is 0 Å². The van der Waals surface area contributed by atoms with Gasteiger partial charge >= 0.3 is 5.69 Å². The van der Waals surface area contributed by atoms with Crippen LogP contribution in [0.15, 0.2) is 38.9 Å². The summed E-state index contributed by atoms with van der Waals surface area (Å²) in [7, 11) is 0. The zero-order chi connectivity index (χ0) is 17.1. The average molecular weight is 343 g/mol. The van der Waals surface area contributed by atoms with Crippen molar-refractivity contribution >= 4 is 23.8 Å². The molecule has 0 saturated heterocycles. The molecule has 2 aromatic heterocycles. The molecule has 6 nitrogen and oxygen atoms in total. The first-order valence-electron chi connectivity index (χ1n) is 7.79. The van der Waals surface area contributed by atoms with Crippen molar-refractivity contribution in [3.05, 3.63) is 56.1 Å². The maximum atomic E-state index is 12.9. The van der Waals surface area contributed by atoms with E-state index in [9.17, 15) is 9.59 Å². The summed E-state index contributed by atoms with van der Waals surface area (Å²) in [5, 5.41) is 3.23. The van der Waals surface area contributed by atoms with Gasteiger partial charge < -0.3 is 9.73 Å². The van der Waals surface area contributed by atoms with Crippen LogP contribution in [0.25, 0.3) is 0 Å². The molecule has 3 N–H and O–H groups in total. The van der Waals surface area contributed by atoms with E-state index in [4.69, 9.17) is 16.6 Å². The Morgan fingerprint density at radius 3 is 2.75 bits per heavy atom. The standard InChI is InChI=1S/C17H17N3O3S/c1-17(2)6-8-11(9(21)7-17)12(10-4-3-5-23-10)13-14(18-8)19-16(22)20-15(13)24/h3-5,12H,6-7H2,1-2H3,(H3,18,19,20,22,24). The molecule has 1 aliphatic heterocycles. The van der Waals surface area contributed by atoms with Crippen LogP contribution in [0.4, 0.5) is 5.82 Å². The van der Waals surface area contributed by atoms with E-state index in [1.807, 2.05) is 6.07 Å². The molecule has 0 bridgehead atoms. The number of anilines is 1. The van der Waals surface area contributed by atoms with Crippen molar-refractivity contribution in [3.8, 4) is 0 Å². The number of H-pyrrole nitrogens is 2. The molecule has 1 unspecified atom stereocenters. The van der Waals surface area contributed by atoms with E-state index < -0.39 is 5.92 Å². The molecule has 2 aromatic rings. The van der Waals surface area contributed by atoms with Gasteiger partial charge in [-0.2, -0.15) is 0 Å². The number of aromatic nitrogens is 2. The largest absolute Gasteiger partial charge is 0.468 e. The summed E-state index contributed by atoms with van der Waals surface area (Å²) in [4.78, 5) is 30.0. The normalized spacial score (nSPS) is 21.9. The molecule has 4 rings (SSSR count). The Kier molecular flexibility index (Phi) is 3.18. The first-order chi connectivity index (χ1) is 11.4. The third-order valence-electron chi connectivity index (χ3n) is 4.58. The second-order valence-electron chi connectivity index (χ2n) is 7.10. The molecule has 124 valence electrons. The fourth-order valence-electron chi connectivity index (χ4n) is 3.69. The molecule has 0 fully saturated rings. The predicted octanol–water partition coefficient (Wildman–Crippen LogP) is 3.23. The van der Waals surface area contributed by atoms with Gasteiger partial charge in [0.25, 0.3) is 0 Å². The van der Waals surface area contributed by atoms with Crippen molar-refractivity contribution in [2.75, 3.05) is 5.32 Å². The summed E-state index contributed by atoms with van der Waals surface area (Å²) in [6, 6.07) is 3.62. The van der Waals surface area contributed by atoms with Crippen LogP contribution in [0.2, 0.25) is 0 Å². The molecule has 1 atom stereocenters. The first kappa shape index (κ1) is 15.1. The Labute approximate surface area is 143 Å². The number of allylic oxidation sites excluding steroid dienone is 2. The number of nitrogens with one attached hydrogen (secondary N) is 3. The number of furan rings is 1. The number of rotatable bonds is 1. The molecule has 0 spiro atoms. The molecule has 7 heteroatoms. The van der Waals surface area contributed by atoms with Crippen molar-refractivity contribution in [1.82, 2.24) is 9.97 Å². The predicted molar refractivity (Wildman–Crippen MR) is 91.5 cm³/mol. The number of aromatic amines is 2. The zero-order valence-corrected chi connectivity index (χ0v) is 14.2. The molecule has 0 amide bonds. The van der Waals surface area contributed by atoms with Crippen LogP contribution in [-0.4, -0.2) is 15.8 Å². The number of hydrogen-bond acceptors (Lipinski definition) is 5. The molecule has 1 aliphatic carbocycles. The van der Waals surface area contributed by atoms with Gasteiger partial charge in [0.05, 0.1) is 12.2 Å². The SMILES string of the molecule is CC1(C)CC(=O)C2=C(C1)Nc1[nH]c(=O)[nH]c(=S)c1C2c1ccco1. The second-order valence-corrected chi connectivity index (χ2v) is 7.51. The minimum absolute atomic E-state index is 0.0846. The third kappa shape index (κ3) is 2.27. The summed E-state index contributed by atoms with van der Waals surface area (Å²) in [6.45, 7) is 4.13. The lowest BCUT2D eigenvalue weighted by atomic mass is 9.70. The highest BCUT2D eigenvalue weighted by Crippen LogP contribution is 2.48. The lowest BCUT2D eigenvalue weighted by Crippen LogP contribution is -2.35. The summed E-state index contributed by atoms with van der Waals surface area (Å²) in [5.74, 6) is 0.858. The van der Waals surface area contributed by atoms with Gasteiger partial charge in [0.1, 0.15) is 16.2 Å². The van der Waals surface area contributed by atoms with Crippen LogP contribution in [0.1, 0.15) is 43.9 Å². The van der Waals surface area contributed by atoms with E-state index in [1.165, 1.54) is 0 Å². The molecule has 2 aliphatic rings. The monoisotopic (exact) mass is 343 g/mol. The molecule has 0 aromatic carbocycles. The first-order valence-corrected chi connectivity index (χ1v) is 8.20. The molecular weight excluding hydrogens is 326 g/mol. The summed E-state index contributed by atoms with van der Waals surface area (Å²) < 4.78 is 5.91. The maximum absolute atomic E-state index is 12.9. The van der Waals surface area contributed by atoms with Gasteiger partial charge in [-0.3, -0.25) is 14.8 Å². The highest BCUT2D eigenvalue weighted by molar-refractivity contribution is 7.71. The minimum atomic E-state index is -0.407. The Balaban J connectivity index is 2.01. The molecule has 0 radical (unpaired) electrons. The van der Waals surface area contributed by atoms with Gasteiger partial charge in [-0.25, -0.2) is 4.79 Å². The fraction of sp³-hybridized carbons (Fsp3) is 0.353. The number of carbonyl (C=O) groups is 1.